The summed E-state index contributed by atoms with van der Waals surface area (Å²) in [6.45, 7) is 1.85. The first-order valence-electron chi connectivity index (χ1n) is 8.68. The van der Waals surface area contributed by atoms with Crippen LogP contribution < -0.4 is 4.90 Å². The lowest BCUT2D eigenvalue weighted by Crippen LogP contribution is -2.31. The number of aromatic hydroxyl groups is 1. The standard InChI is InChI=1S/C22H17NO5/c1-13-5-2-3-6-16(13)23-19(14-8-10-15(24)11-9-14)18(21(26)22(23)27)20(25)17-7-4-12-28-17/h2-12,19,24,26H,1H3. The van der Waals surface area contributed by atoms with Gasteiger partial charge in [0.15, 0.2) is 11.5 Å². The lowest BCUT2D eigenvalue weighted by atomic mass is 9.94. The first kappa shape index (κ1) is 17.6. The minimum atomic E-state index is -0.855. The topological polar surface area (TPSA) is 91.0 Å². The molecule has 2 N–H and O–H groups in total. The molecule has 0 saturated heterocycles. The van der Waals surface area contributed by atoms with E-state index in [0.717, 1.165) is 5.56 Å². The number of carbonyl (C=O) groups is 2. The van der Waals surface area contributed by atoms with E-state index in [1.165, 1.54) is 29.4 Å². The van der Waals surface area contributed by atoms with E-state index in [9.17, 15) is 19.8 Å². The maximum atomic E-state index is 13.0. The molecule has 4 rings (SSSR count). The second-order valence-corrected chi connectivity index (χ2v) is 6.52. The second kappa shape index (κ2) is 6.74. The first-order chi connectivity index (χ1) is 13.5. The minimum absolute atomic E-state index is 0.0322. The number of aliphatic hydroxyl groups is 1. The highest BCUT2D eigenvalue weighted by molar-refractivity contribution is 6.20. The lowest BCUT2D eigenvalue weighted by Gasteiger charge is -2.28. The van der Waals surface area contributed by atoms with Crippen LogP contribution in [0.2, 0.25) is 0 Å². The van der Waals surface area contributed by atoms with Crippen molar-refractivity contribution in [3.05, 3.63) is 95.1 Å². The summed E-state index contributed by atoms with van der Waals surface area (Å²) >= 11 is 0. The highest BCUT2D eigenvalue weighted by Crippen LogP contribution is 2.43. The van der Waals surface area contributed by atoms with Crippen molar-refractivity contribution in [1.29, 1.82) is 0 Å². The Morgan fingerprint density at radius 2 is 1.71 bits per heavy atom. The fraction of sp³-hybridized carbons (Fsp3) is 0.0909. The number of para-hydroxylation sites is 1. The van der Waals surface area contributed by atoms with E-state index >= 15 is 0 Å². The number of anilines is 1. The van der Waals surface area contributed by atoms with Crippen molar-refractivity contribution in [3.63, 3.8) is 0 Å². The minimum Gasteiger partial charge on any atom is -0.508 e. The number of nitrogens with zero attached hydrogens (tertiary/aromatic N) is 1. The molecule has 1 amide bonds. The largest absolute Gasteiger partial charge is 0.508 e. The van der Waals surface area contributed by atoms with E-state index in [1.54, 1.807) is 30.3 Å². The zero-order chi connectivity index (χ0) is 19.8. The van der Waals surface area contributed by atoms with Gasteiger partial charge in [0.1, 0.15) is 5.75 Å². The van der Waals surface area contributed by atoms with Crippen LogP contribution in [0.4, 0.5) is 5.69 Å². The number of hydrogen-bond acceptors (Lipinski definition) is 5. The van der Waals surface area contributed by atoms with Crippen LogP contribution in [0, 0.1) is 6.92 Å². The predicted molar refractivity (Wildman–Crippen MR) is 102 cm³/mol. The Kier molecular flexibility index (Phi) is 4.24. The van der Waals surface area contributed by atoms with Crippen LogP contribution in [0.25, 0.3) is 0 Å². The fourth-order valence-electron chi connectivity index (χ4n) is 3.43. The summed E-state index contributed by atoms with van der Waals surface area (Å²) in [4.78, 5) is 27.4. The molecule has 1 aliphatic rings. The van der Waals surface area contributed by atoms with Crippen LogP contribution in [-0.2, 0) is 4.79 Å². The molecule has 0 radical (unpaired) electrons. The molecule has 1 aliphatic heterocycles. The number of Topliss-reactive ketones (excluding diaryl/α,β-unsaturated/α-hetero) is 1. The summed E-state index contributed by atoms with van der Waals surface area (Å²) in [5.41, 5.74) is 1.92. The molecule has 1 unspecified atom stereocenters. The number of hydrogen-bond donors (Lipinski definition) is 2. The molecule has 0 bridgehead atoms. The number of rotatable bonds is 4. The average Bonchev–Trinajstić information content (AvgIpc) is 3.31. The third kappa shape index (κ3) is 2.75. The van der Waals surface area contributed by atoms with Crippen molar-refractivity contribution in [3.8, 4) is 5.75 Å². The van der Waals surface area contributed by atoms with Gasteiger partial charge in [0.05, 0.1) is 17.9 Å². The quantitative estimate of drug-likeness (QED) is 0.671. The molecule has 6 heteroatoms. The predicted octanol–water partition coefficient (Wildman–Crippen LogP) is 4.08. The van der Waals surface area contributed by atoms with Gasteiger partial charge in [0.2, 0.25) is 5.78 Å². The Bertz CT molecular complexity index is 1080. The van der Waals surface area contributed by atoms with Crippen LogP contribution in [0.15, 0.2) is 82.7 Å². The van der Waals surface area contributed by atoms with E-state index in [1.807, 2.05) is 19.1 Å². The van der Waals surface area contributed by atoms with E-state index in [-0.39, 0.29) is 17.1 Å². The molecule has 2 heterocycles. The molecule has 28 heavy (non-hydrogen) atoms. The summed E-state index contributed by atoms with van der Waals surface area (Å²) in [5, 5.41) is 20.2. The number of ketones is 1. The van der Waals surface area contributed by atoms with Gasteiger partial charge in [-0.3, -0.25) is 14.5 Å². The number of aryl methyl sites for hydroxylation is 1. The molecule has 3 aromatic rings. The van der Waals surface area contributed by atoms with E-state index < -0.39 is 23.5 Å². The Labute approximate surface area is 161 Å². The van der Waals surface area contributed by atoms with Gasteiger partial charge in [-0.15, -0.1) is 0 Å². The number of aliphatic hydroxyl groups excluding tert-OH is 1. The number of phenolic OH excluding ortho intramolecular Hbond substituents is 1. The van der Waals surface area contributed by atoms with Crippen LogP contribution in [0.5, 0.6) is 5.75 Å². The van der Waals surface area contributed by atoms with Crippen LogP contribution >= 0.6 is 0 Å². The van der Waals surface area contributed by atoms with Gasteiger partial charge in [-0.05, 0) is 48.4 Å². The first-order valence-corrected chi connectivity index (χ1v) is 8.68. The monoisotopic (exact) mass is 375 g/mol. The molecule has 2 aromatic carbocycles. The summed E-state index contributed by atoms with van der Waals surface area (Å²) in [6.07, 6.45) is 1.36. The zero-order valence-electron chi connectivity index (χ0n) is 15.0. The highest BCUT2D eigenvalue weighted by atomic mass is 16.3. The summed E-state index contributed by atoms with van der Waals surface area (Å²) < 4.78 is 5.19. The van der Waals surface area contributed by atoms with E-state index in [2.05, 4.69) is 0 Å². The molecule has 0 spiro atoms. The normalized spacial score (nSPS) is 16.7. The number of carbonyl (C=O) groups excluding carboxylic acids is 2. The Hall–Kier alpha value is -3.80. The third-order valence-electron chi connectivity index (χ3n) is 4.78. The van der Waals surface area contributed by atoms with Crippen molar-refractivity contribution < 1.29 is 24.2 Å². The van der Waals surface area contributed by atoms with E-state index in [4.69, 9.17) is 4.42 Å². The van der Waals surface area contributed by atoms with Crippen molar-refractivity contribution in [2.75, 3.05) is 4.90 Å². The van der Waals surface area contributed by atoms with Gasteiger partial charge in [-0.1, -0.05) is 30.3 Å². The van der Waals surface area contributed by atoms with Gasteiger partial charge < -0.3 is 14.6 Å². The number of amides is 1. The Morgan fingerprint density at radius 3 is 2.36 bits per heavy atom. The smallest absolute Gasteiger partial charge is 0.294 e. The number of furan rings is 1. The maximum absolute atomic E-state index is 13.0. The Balaban J connectivity index is 1.91. The van der Waals surface area contributed by atoms with Gasteiger partial charge in [-0.2, -0.15) is 0 Å². The van der Waals surface area contributed by atoms with Crippen LogP contribution in [0.1, 0.15) is 27.7 Å². The van der Waals surface area contributed by atoms with Gasteiger partial charge in [0, 0.05) is 5.69 Å². The fourth-order valence-corrected chi connectivity index (χ4v) is 3.43. The highest BCUT2D eigenvalue weighted by Gasteiger charge is 2.45. The second-order valence-electron chi connectivity index (χ2n) is 6.52. The maximum Gasteiger partial charge on any atom is 0.294 e. The summed E-state index contributed by atoms with van der Waals surface area (Å²) in [5.74, 6) is -1.75. The molecule has 0 saturated carbocycles. The molecular weight excluding hydrogens is 358 g/mol. The average molecular weight is 375 g/mol. The third-order valence-corrected chi connectivity index (χ3v) is 4.78. The van der Waals surface area contributed by atoms with Gasteiger partial charge in [0.25, 0.3) is 5.91 Å². The van der Waals surface area contributed by atoms with Crippen LogP contribution in [0.3, 0.4) is 0 Å². The number of phenols is 1. The van der Waals surface area contributed by atoms with Crippen molar-refractivity contribution in [2.24, 2.45) is 0 Å². The number of benzene rings is 2. The molecule has 140 valence electrons. The SMILES string of the molecule is Cc1ccccc1N1C(=O)C(O)=C(C(=O)c2ccco2)C1c1ccc(O)cc1. The lowest BCUT2D eigenvalue weighted by molar-refractivity contribution is -0.117. The molecule has 1 atom stereocenters. The van der Waals surface area contributed by atoms with Gasteiger partial charge in [-0.25, -0.2) is 0 Å². The summed E-state index contributed by atoms with van der Waals surface area (Å²) in [6, 6.07) is 15.6. The van der Waals surface area contributed by atoms with E-state index in [0.29, 0.717) is 11.3 Å². The molecule has 1 aromatic heterocycles. The molecular formula is C22H17NO5. The van der Waals surface area contributed by atoms with Crippen molar-refractivity contribution in [1.82, 2.24) is 0 Å². The molecule has 6 nitrogen and oxygen atoms in total. The zero-order valence-corrected chi connectivity index (χ0v) is 15.0. The molecule has 0 aliphatic carbocycles. The van der Waals surface area contributed by atoms with Crippen LogP contribution in [-0.4, -0.2) is 21.9 Å². The summed E-state index contributed by atoms with van der Waals surface area (Å²) in [7, 11) is 0. The Morgan fingerprint density at radius 1 is 1.00 bits per heavy atom. The van der Waals surface area contributed by atoms with Crippen molar-refractivity contribution in [2.45, 2.75) is 13.0 Å². The molecule has 0 fully saturated rings. The van der Waals surface area contributed by atoms with Crippen molar-refractivity contribution >= 4 is 17.4 Å². The van der Waals surface area contributed by atoms with Gasteiger partial charge >= 0.3 is 0 Å².